The summed E-state index contributed by atoms with van der Waals surface area (Å²) in [5.74, 6) is -0.325. The van der Waals surface area contributed by atoms with Crippen molar-refractivity contribution in [3.63, 3.8) is 0 Å². The average Bonchev–Trinajstić information content (AvgIpc) is 2.88. The van der Waals surface area contributed by atoms with Crippen molar-refractivity contribution in [3.8, 4) is 0 Å². The lowest BCUT2D eigenvalue weighted by molar-refractivity contribution is -0.938. The van der Waals surface area contributed by atoms with Gasteiger partial charge in [0.15, 0.2) is 6.10 Å². The highest BCUT2D eigenvalue weighted by Crippen LogP contribution is 2.14. The summed E-state index contributed by atoms with van der Waals surface area (Å²) >= 11 is 0. The zero-order valence-electron chi connectivity index (χ0n) is 28.1. The fraction of sp³-hybridized carbons (Fsp3) is 0.941. The van der Waals surface area contributed by atoms with Gasteiger partial charge in [-0.3, -0.25) is 9.59 Å². The summed E-state index contributed by atoms with van der Waals surface area (Å²) < 4.78 is 13.1. The van der Waals surface area contributed by atoms with Crippen LogP contribution >= 0.6 is 0 Å². The first-order valence-electron chi connectivity index (χ1n) is 17.0. The Balaban J connectivity index is 4.48. The van der Waals surface area contributed by atoms with Crippen LogP contribution in [0.4, 0.5) is 0 Å². The lowest BCUT2D eigenvalue weighted by Crippen LogP contribution is -2.53. The number of esters is 2. The van der Waals surface area contributed by atoms with Gasteiger partial charge in [0.2, 0.25) is 0 Å². The second-order valence-electron chi connectivity index (χ2n) is 13.8. The monoisotopic (exact) mass is 571 g/mol. The SMILES string of the molecule is CCCCCCCCCCCC(=O)OC[C@H](C[N+](C)(C)CC[N+](C)(C)C)OC(=O)CCCCCCCCCCC. The number of carbonyl (C=O) groups excluding carboxylic acids is 2. The lowest BCUT2D eigenvalue weighted by atomic mass is 10.1. The van der Waals surface area contributed by atoms with E-state index in [0.717, 1.165) is 47.7 Å². The van der Waals surface area contributed by atoms with Gasteiger partial charge in [0.05, 0.1) is 35.2 Å². The van der Waals surface area contributed by atoms with Crippen LogP contribution in [0.3, 0.4) is 0 Å². The summed E-state index contributed by atoms with van der Waals surface area (Å²) in [5.41, 5.74) is 0. The van der Waals surface area contributed by atoms with Crippen LogP contribution in [0, 0.1) is 0 Å². The second kappa shape index (κ2) is 24.5. The fourth-order valence-corrected chi connectivity index (χ4v) is 5.00. The van der Waals surface area contributed by atoms with E-state index in [-0.39, 0.29) is 18.5 Å². The van der Waals surface area contributed by atoms with E-state index in [1.807, 2.05) is 0 Å². The van der Waals surface area contributed by atoms with Gasteiger partial charge in [-0.05, 0) is 12.8 Å². The van der Waals surface area contributed by atoms with Crippen molar-refractivity contribution in [3.05, 3.63) is 0 Å². The van der Waals surface area contributed by atoms with E-state index >= 15 is 0 Å². The molecule has 0 bridgehead atoms. The Morgan fingerprint density at radius 1 is 0.550 bits per heavy atom. The molecule has 0 saturated heterocycles. The number of hydrogen-bond acceptors (Lipinski definition) is 4. The van der Waals surface area contributed by atoms with Gasteiger partial charge in [-0.2, -0.15) is 0 Å². The fourth-order valence-electron chi connectivity index (χ4n) is 5.00. The molecule has 238 valence electrons. The molecule has 0 aliphatic rings. The molecule has 0 saturated carbocycles. The highest BCUT2D eigenvalue weighted by atomic mass is 16.6. The Labute approximate surface area is 249 Å². The molecule has 0 N–H and O–H groups in total. The first-order valence-corrected chi connectivity index (χ1v) is 17.0. The third kappa shape index (κ3) is 27.1. The molecule has 0 aromatic heterocycles. The number of hydrogen-bond donors (Lipinski definition) is 0. The number of carbonyl (C=O) groups is 2. The number of ether oxygens (including phenoxy) is 2. The number of nitrogens with zero attached hydrogens (tertiary/aromatic N) is 2. The zero-order chi connectivity index (χ0) is 30.1. The van der Waals surface area contributed by atoms with Gasteiger partial charge in [0, 0.05) is 12.8 Å². The van der Waals surface area contributed by atoms with Crippen LogP contribution in [0.5, 0.6) is 0 Å². The van der Waals surface area contributed by atoms with Gasteiger partial charge in [-0.25, -0.2) is 0 Å². The largest absolute Gasteiger partial charge is 0.461 e. The molecule has 40 heavy (non-hydrogen) atoms. The van der Waals surface area contributed by atoms with Crippen molar-refractivity contribution in [2.24, 2.45) is 0 Å². The molecule has 0 aromatic carbocycles. The highest BCUT2D eigenvalue weighted by Gasteiger charge is 2.28. The number of rotatable bonds is 28. The van der Waals surface area contributed by atoms with Gasteiger partial charge in [0.25, 0.3) is 0 Å². The third-order valence-corrected chi connectivity index (χ3v) is 7.77. The van der Waals surface area contributed by atoms with Gasteiger partial charge in [0.1, 0.15) is 26.2 Å². The molecular weight excluding hydrogens is 500 g/mol. The molecule has 0 amide bonds. The molecule has 0 spiro atoms. The van der Waals surface area contributed by atoms with Gasteiger partial charge in [-0.1, -0.05) is 117 Å². The quantitative estimate of drug-likeness (QED) is 0.0542. The summed E-state index contributed by atoms with van der Waals surface area (Å²) in [6, 6.07) is 0. The summed E-state index contributed by atoms with van der Waals surface area (Å²) in [6.45, 7) is 7.28. The van der Waals surface area contributed by atoms with Crippen LogP contribution in [-0.4, -0.2) is 88.5 Å². The molecule has 0 aliphatic carbocycles. The number of likely N-dealkylation sites (N-methyl/N-ethyl adjacent to an activating group) is 2. The number of quaternary nitrogens is 2. The zero-order valence-corrected chi connectivity index (χ0v) is 28.1. The predicted molar refractivity (Wildman–Crippen MR) is 169 cm³/mol. The van der Waals surface area contributed by atoms with Crippen molar-refractivity contribution < 1.29 is 28.0 Å². The van der Waals surface area contributed by atoms with Crippen LogP contribution in [0.15, 0.2) is 0 Å². The first kappa shape index (κ1) is 38.9. The Morgan fingerprint density at radius 3 is 1.38 bits per heavy atom. The normalized spacial score (nSPS) is 12.9. The number of unbranched alkanes of at least 4 members (excludes halogenated alkanes) is 16. The van der Waals surface area contributed by atoms with E-state index in [0.29, 0.717) is 19.4 Å². The molecule has 0 radical (unpaired) electrons. The van der Waals surface area contributed by atoms with Gasteiger partial charge >= 0.3 is 11.9 Å². The third-order valence-electron chi connectivity index (χ3n) is 7.77. The second-order valence-corrected chi connectivity index (χ2v) is 13.8. The topological polar surface area (TPSA) is 52.6 Å². The molecule has 0 aromatic rings. The summed E-state index contributed by atoms with van der Waals surface area (Å²) in [4.78, 5) is 25.1. The van der Waals surface area contributed by atoms with Crippen molar-refractivity contribution in [2.75, 3.05) is 61.5 Å². The van der Waals surface area contributed by atoms with Gasteiger partial charge < -0.3 is 18.4 Å². The minimum absolute atomic E-state index is 0.158. The Hall–Kier alpha value is -1.14. The first-order chi connectivity index (χ1) is 19.0. The van der Waals surface area contributed by atoms with Crippen molar-refractivity contribution in [1.29, 1.82) is 0 Å². The molecule has 6 heteroatoms. The Morgan fingerprint density at radius 2 is 0.950 bits per heavy atom. The highest BCUT2D eigenvalue weighted by molar-refractivity contribution is 5.70. The van der Waals surface area contributed by atoms with Crippen molar-refractivity contribution in [2.45, 2.75) is 148 Å². The van der Waals surface area contributed by atoms with Crippen LogP contribution in [0.25, 0.3) is 0 Å². The summed E-state index contributed by atoms with van der Waals surface area (Å²) in [6.07, 6.45) is 22.5. The summed E-state index contributed by atoms with van der Waals surface area (Å²) in [5, 5.41) is 0. The van der Waals surface area contributed by atoms with E-state index in [4.69, 9.17) is 9.47 Å². The van der Waals surface area contributed by atoms with Crippen molar-refractivity contribution >= 4 is 11.9 Å². The predicted octanol–water partition coefficient (Wildman–Crippen LogP) is 8.07. The maximum atomic E-state index is 12.7. The minimum Gasteiger partial charge on any atom is -0.461 e. The standard InChI is InChI=1S/C34H70N2O4/c1-8-10-12-14-16-18-20-22-24-26-33(37)39-31-32(30-36(6,7)29-28-35(3,4)5)40-34(38)27-25-23-21-19-17-15-13-11-9-2/h32H,8-31H2,1-7H3/q+2/t32-/m0/s1. The molecule has 0 unspecified atom stereocenters. The van der Waals surface area contributed by atoms with Gasteiger partial charge in [-0.15, -0.1) is 0 Å². The van der Waals surface area contributed by atoms with E-state index in [2.05, 4.69) is 49.1 Å². The van der Waals surface area contributed by atoms with Crippen LogP contribution < -0.4 is 0 Å². The molecule has 0 heterocycles. The molecule has 0 rings (SSSR count). The minimum atomic E-state index is -0.402. The van der Waals surface area contributed by atoms with Crippen molar-refractivity contribution in [1.82, 2.24) is 0 Å². The summed E-state index contributed by atoms with van der Waals surface area (Å²) in [7, 11) is 10.9. The van der Waals surface area contributed by atoms with Crippen LogP contribution in [0.2, 0.25) is 0 Å². The lowest BCUT2D eigenvalue weighted by Gasteiger charge is -2.35. The average molecular weight is 571 g/mol. The maximum absolute atomic E-state index is 12.7. The molecular formula is C34H70N2O4+2. The maximum Gasteiger partial charge on any atom is 0.306 e. The molecule has 0 aliphatic heterocycles. The smallest absolute Gasteiger partial charge is 0.306 e. The van der Waals surface area contributed by atoms with E-state index in [1.54, 1.807) is 0 Å². The van der Waals surface area contributed by atoms with E-state index in [1.165, 1.54) is 89.9 Å². The van der Waals surface area contributed by atoms with Crippen LogP contribution in [-0.2, 0) is 19.1 Å². The Bertz CT molecular complexity index is 616. The van der Waals surface area contributed by atoms with E-state index in [9.17, 15) is 9.59 Å². The molecule has 6 nitrogen and oxygen atoms in total. The van der Waals surface area contributed by atoms with Crippen LogP contribution in [0.1, 0.15) is 142 Å². The Kier molecular flexibility index (Phi) is 23.8. The molecule has 0 fully saturated rings. The van der Waals surface area contributed by atoms with E-state index < -0.39 is 6.10 Å². The molecule has 1 atom stereocenters.